The van der Waals surface area contributed by atoms with E-state index in [9.17, 15) is 0 Å². The van der Waals surface area contributed by atoms with Gasteiger partial charge in [-0.15, -0.1) is 0 Å². The number of nitrogens with one attached hydrogen (secondary N) is 2. The lowest BCUT2D eigenvalue weighted by atomic mass is 10.2. The molecule has 2 N–H and O–H groups in total. The van der Waals surface area contributed by atoms with Crippen LogP contribution in [0.25, 0.3) is 0 Å². The number of aliphatic imine (C=N–C) groups is 1. The van der Waals surface area contributed by atoms with Gasteiger partial charge in [0, 0.05) is 57.2 Å². The highest BCUT2D eigenvalue weighted by Crippen LogP contribution is 2.20. The lowest BCUT2D eigenvalue weighted by Gasteiger charge is -2.18. The molecule has 0 radical (unpaired) electrons. The van der Waals surface area contributed by atoms with E-state index in [2.05, 4.69) is 58.9 Å². The van der Waals surface area contributed by atoms with E-state index < -0.39 is 0 Å². The van der Waals surface area contributed by atoms with Gasteiger partial charge in [0.25, 0.3) is 0 Å². The number of hydrogen-bond acceptors (Lipinski definition) is 4. The minimum atomic E-state index is 0.609. The summed E-state index contributed by atoms with van der Waals surface area (Å²) in [6.07, 6.45) is 5.27. The second kappa shape index (κ2) is 11.9. The topological polar surface area (TPSA) is 58.1 Å². The summed E-state index contributed by atoms with van der Waals surface area (Å²) in [5.74, 6) is 1.58. The molecular weight excluding hydrogens is 376 g/mol. The van der Waals surface area contributed by atoms with Gasteiger partial charge in [-0.2, -0.15) is 0 Å². The minimum Gasteiger partial charge on any atom is -0.493 e. The summed E-state index contributed by atoms with van der Waals surface area (Å²) in [4.78, 5) is 7.11. The number of ether oxygens (including phenoxy) is 2. The maximum Gasteiger partial charge on any atom is 0.196 e. The molecule has 2 aromatic carbocycles. The highest BCUT2D eigenvalue weighted by atomic mass is 16.5. The van der Waals surface area contributed by atoms with Crippen LogP contribution in [-0.4, -0.2) is 45.9 Å². The smallest absolute Gasteiger partial charge is 0.196 e. The molecule has 2 aromatic rings. The molecule has 0 fully saturated rings. The molecular formula is C24H32N4O2. The van der Waals surface area contributed by atoms with Crippen molar-refractivity contribution in [2.24, 2.45) is 4.99 Å². The molecule has 0 spiro atoms. The van der Waals surface area contributed by atoms with Crippen molar-refractivity contribution in [3.8, 4) is 5.75 Å². The minimum absolute atomic E-state index is 0.609. The average molecular weight is 409 g/mol. The number of nitrogens with zero attached hydrogens (tertiary/aromatic N) is 2. The second-order valence-corrected chi connectivity index (χ2v) is 7.09. The molecule has 3 rings (SSSR count). The number of hydrogen-bond donors (Lipinski definition) is 2. The molecule has 6 nitrogen and oxygen atoms in total. The zero-order valence-corrected chi connectivity index (χ0v) is 17.9. The molecule has 160 valence electrons. The Morgan fingerprint density at radius 3 is 2.70 bits per heavy atom. The highest BCUT2D eigenvalue weighted by molar-refractivity contribution is 5.93. The third-order valence-corrected chi connectivity index (χ3v) is 4.72. The van der Waals surface area contributed by atoms with Crippen LogP contribution in [-0.2, 0) is 11.3 Å². The van der Waals surface area contributed by atoms with Crippen molar-refractivity contribution >= 4 is 17.3 Å². The Morgan fingerprint density at radius 1 is 1.07 bits per heavy atom. The van der Waals surface area contributed by atoms with Gasteiger partial charge in [-0.25, -0.2) is 4.99 Å². The highest BCUT2D eigenvalue weighted by Gasteiger charge is 2.08. The standard InChI is InChI=1S/C24H32N4O2/c1-3-25-24(27-21-10-7-12-23(18-21)30-16-8-15-29-2)26-19-20-9-6-11-22(17-20)28-13-4-5-14-28/h4-7,9-12,17-18H,3,8,13-16,19H2,1-2H3,(H2,25,26,27). The van der Waals surface area contributed by atoms with Crippen molar-refractivity contribution in [2.75, 3.05) is 50.2 Å². The number of anilines is 2. The van der Waals surface area contributed by atoms with Gasteiger partial charge >= 0.3 is 0 Å². The monoisotopic (exact) mass is 408 g/mol. The summed E-state index contributed by atoms with van der Waals surface area (Å²) < 4.78 is 10.9. The molecule has 0 atom stereocenters. The van der Waals surface area contributed by atoms with E-state index >= 15 is 0 Å². The van der Waals surface area contributed by atoms with E-state index in [0.717, 1.165) is 43.5 Å². The van der Waals surface area contributed by atoms with Gasteiger partial charge in [-0.3, -0.25) is 0 Å². The lowest BCUT2D eigenvalue weighted by Crippen LogP contribution is -2.30. The maximum atomic E-state index is 5.79. The first-order valence-corrected chi connectivity index (χ1v) is 10.5. The summed E-state index contributed by atoms with van der Waals surface area (Å²) in [6.45, 7) is 6.74. The van der Waals surface area contributed by atoms with E-state index in [-0.39, 0.29) is 0 Å². The maximum absolute atomic E-state index is 5.79. The zero-order chi connectivity index (χ0) is 21.0. The van der Waals surface area contributed by atoms with E-state index in [0.29, 0.717) is 19.8 Å². The van der Waals surface area contributed by atoms with Crippen molar-refractivity contribution in [2.45, 2.75) is 19.9 Å². The third-order valence-electron chi connectivity index (χ3n) is 4.72. The Morgan fingerprint density at radius 2 is 1.90 bits per heavy atom. The van der Waals surface area contributed by atoms with Gasteiger partial charge in [0.2, 0.25) is 0 Å². The Hall–Kier alpha value is -2.99. The second-order valence-electron chi connectivity index (χ2n) is 7.09. The molecule has 1 heterocycles. The van der Waals surface area contributed by atoms with E-state index in [1.807, 2.05) is 24.3 Å². The molecule has 1 aliphatic heterocycles. The molecule has 30 heavy (non-hydrogen) atoms. The van der Waals surface area contributed by atoms with Crippen LogP contribution in [0.2, 0.25) is 0 Å². The molecule has 0 amide bonds. The fourth-order valence-corrected chi connectivity index (χ4v) is 3.21. The van der Waals surface area contributed by atoms with Crippen LogP contribution in [0.4, 0.5) is 11.4 Å². The van der Waals surface area contributed by atoms with Gasteiger partial charge in [-0.1, -0.05) is 30.4 Å². The first-order valence-electron chi connectivity index (χ1n) is 10.5. The fourth-order valence-electron chi connectivity index (χ4n) is 3.21. The molecule has 0 aromatic heterocycles. The van der Waals surface area contributed by atoms with E-state index in [1.54, 1.807) is 7.11 Å². The molecule has 6 heteroatoms. The van der Waals surface area contributed by atoms with Crippen LogP contribution >= 0.6 is 0 Å². The summed E-state index contributed by atoms with van der Waals surface area (Å²) >= 11 is 0. The Labute approximate surface area is 179 Å². The van der Waals surface area contributed by atoms with Crippen LogP contribution in [0.3, 0.4) is 0 Å². The lowest BCUT2D eigenvalue weighted by molar-refractivity contribution is 0.172. The van der Waals surface area contributed by atoms with Crippen molar-refractivity contribution in [3.05, 3.63) is 66.2 Å². The number of benzene rings is 2. The predicted molar refractivity (Wildman–Crippen MR) is 125 cm³/mol. The SMILES string of the molecule is CCNC(=NCc1cccc(N2CC=CC2)c1)Nc1cccc(OCCCOC)c1. The van der Waals surface area contributed by atoms with Crippen LogP contribution in [0.5, 0.6) is 5.75 Å². The first-order chi connectivity index (χ1) is 14.8. The van der Waals surface area contributed by atoms with Crippen molar-refractivity contribution < 1.29 is 9.47 Å². The first kappa shape index (κ1) is 21.7. The molecule has 0 saturated heterocycles. The predicted octanol–water partition coefficient (Wildman–Crippen LogP) is 4.06. The quantitative estimate of drug-likeness (QED) is 0.269. The van der Waals surface area contributed by atoms with Crippen molar-refractivity contribution in [1.29, 1.82) is 0 Å². The number of rotatable bonds is 10. The largest absolute Gasteiger partial charge is 0.493 e. The van der Waals surface area contributed by atoms with Crippen molar-refractivity contribution in [3.63, 3.8) is 0 Å². The molecule has 0 unspecified atom stereocenters. The van der Waals surface area contributed by atoms with Gasteiger partial charge in [0.05, 0.1) is 13.2 Å². The van der Waals surface area contributed by atoms with E-state index in [1.165, 1.54) is 11.3 Å². The van der Waals surface area contributed by atoms with Gasteiger partial charge < -0.3 is 25.0 Å². The van der Waals surface area contributed by atoms with Gasteiger partial charge in [0.1, 0.15) is 5.75 Å². The normalized spacial score (nSPS) is 13.5. The third kappa shape index (κ3) is 6.81. The van der Waals surface area contributed by atoms with Gasteiger partial charge in [0.15, 0.2) is 5.96 Å². The summed E-state index contributed by atoms with van der Waals surface area (Å²) in [6, 6.07) is 16.5. The Balaban J connectivity index is 1.61. The zero-order valence-electron chi connectivity index (χ0n) is 17.9. The summed E-state index contributed by atoms with van der Waals surface area (Å²) in [5, 5.41) is 6.69. The number of methoxy groups -OCH3 is 1. The average Bonchev–Trinajstić information content (AvgIpc) is 3.31. The van der Waals surface area contributed by atoms with Crippen molar-refractivity contribution in [1.82, 2.24) is 5.32 Å². The van der Waals surface area contributed by atoms with Crippen LogP contribution < -0.4 is 20.3 Å². The van der Waals surface area contributed by atoms with E-state index in [4.69, 9.17) is 14.5 Å². The fraction of sp³-hybridized carbons (Fsp3) is 0.375. The summed E-state index contributed by atoms with van der Waals surface area (Å²) in [7, 11) is 1.70. The summed E-state index contributed by atoms with van der Waals surface area (Å²) in [5.41, 5.74) is 3.37. The molecule has 0 bridgehead atoms. The van der Waals surface area contributed by atoms with Crippen LogP contribution in [0.1, 0.15) is 18.9 Å². The van der Waals surface area contributed by atoms with Crippen LogP contribution in [0, 0.1) is 0 Å². The Bertz CT molecular complexity index is 843. The Kier molecular flexibility index (Phi) is 8.60. The van der Waals surface area contributed by atoms with Gasteiger partial charge in [-0.05, 0) is 36.8 Å². The molecule has 0 saturated carbocycles. The number of guanidine groups is 1. The molecule has 1 aliphatic rings. The molecule has 0 aliphatic carbocycles. The van der Waals surface area contributed by atoms with Crippen LogP contribution in [0.15, 0.2) is 65.7 Å².